The Morgan fingerprint density at radius 3 is 2.71 bits per heavy atom. The molecule has 84 valence electrons. The molecule has 2 heterocycles. The zero-order valence-corrected chi connectivity index (χ0v) is 8.78. The second kappa shape index (κ2) is 3.44. The Kier molecular flexibility index (Phi) is 1.94. The van der Waals surface area contributed by atoms with Crippen molar-refractivity contribution in [1.29, 1.82) is 5.41 Å². The molecule has 0 aliphatic heterocycles. The van der Waals surface area contributed by atoms with Crippen LogP contribution in [0.3, 0.4) is 0 Å². The molecule has 0 radical (unpaired) electrons. The van der Waals surface area contributed by atoms with E-state index in [0.29, 0.717) is 15.8 Å². The molecule has 0 aliphatic carbocycles. The maximum absolute atomic E-state index is 9.33. The number of rotatable bonds is 1. The van der Waals surface area contributed by atoms with E-state index < -0.39 is 0 Å². The topological polar surface area (TPSA) is 79.7 Å². The van der Waals surface area contributed by atoms with Gasteiger partial charge in [-0.1, -0.05) is 18.2 Å². The van der Waals surface area contributed by atoms with E-state index in [1.165, 1.54) is 12.5 Å². The summed E-state index contributed by atoms with van der Waals surface area (Å²) < 4.78 is 2.30. The highest BCUT2D eigenvalue weighted by atomic mass is 16.5. The van der Waals surface area contributed by atoms with Crippen LogP contribution in [0.5, 0.6) is 0 Å². The molecule has 0 amide bonds. The molecule has 0 bridgehead atoms. The first-order valence-electron chi connectivity index (χ1n) is 5.02. The predicted octanol–water partition coefficient (Wildman–Crippen LogP) is 0.939. The molecule has 0 fully saturated rings. The van der Waals surface area contributed by atoms with Gasteiger partial charge in [-0.15, -0.1) is 0 Å². The summed E-state index contributed by atoms with van der Waals surface area (Å²) in [5.41, 5.74) is 1.38. The Bertz CT molecular complexity index is 728. The van der Waals surface area contributed by atoms with Crippen LogP contribution in [0.15, 0.2) is 42.9 Å². The molecule has 2 N–H and O–H groups in total. The van der Waals surface area contributed by atoms with Gasteiger partial charge in [0.2, 0.25) is 0 Å². The third kappa shape index (κ3) is 1.38. The van der Waals surface area contributed by atoms with Crippen molar-refractivity contribution in [2.75, 3.05) is 0 Å². The molecule has 6 nitrogen and oxygen atoms in total. The van der Waals surface area contributed by atoms with Gasteiger partial charge in [-0.05, 0) is 12.1 Å². The van der Waals surface area contributed by atoms with Crippen LogP contribution in [-0.4, -0.2) is 24.7 Å². The SMILES string of the molecule is N=c1c2cnn(-c3ccccc3)c2ncn1O. The average molecular weight is 227 g/mol. The van der Waals surface area contributed by atoms with Crippen molar-refractivity contribution >= 4 is 11.0 Å². The van der Waals surface area contributed by atoms with Crippen molar-refractivity contribution in [3.05, 3.63) is 48.3 Å². The van der Waals surface area contributed by atoms with Crippen LogP contribution in [0, 0.1) is 5.41 Å². The van der Waals surface area contributed by atoms with Crippen LogP contribution >= 0.6 is 0 Å². The minimum atomic E-state index is -0.0304. The summed E-state index contributed by atoms with van der Waals surface area (Å²) in [7, 11) is 0. The number of para-hydroxylation sites is 1. The summed E-state index contributed by atoms with van der Waals surface area (Å²) in [4.78, 5) is 4.07. The van der Waals surface area contributed by atoms with Gasteiger partial charge in [0.25, 0.3) is 0 Å². The number of nitrogens with one attached hydrogen (secondary N) is 1. The molecular weight excluding hydrogens is 218 g/mol. The lowest BCUT2D eigenvalue weighted by Gasteiger charge is -2.02. The Morgan fingerprint density at radius 2 is 1.94 bits per heavy atom. The standard InChI is InChI=1S/C11H9N5O/c12-10-9-6-14-16(8-4-2-1-3-5-8)11(9)13-7-15(10)17/h1-7,12,17H. The van der Waals surface area contributed by atoms with Gasteiger partial charge in [-0.2, -0.15) is 9.83 Å². The van der Waals surface area contributed by atoms with Crippen molar-refractivity contribution in [2.24, 2.45) is 0 Å². The lowest BCUT2D eigenvalue weighted by atomic mass is 10.3. The van der Waals surface area contributed by atoms with Crippen LogP contribution < -0.4 is 5.49 Å². The zero-order chi connectivity index (χ0) is 11.8. The molecule has 0 unspecified atom stereocenters. The van der Waals surface area contributed by atoms with E-state index in [0.717, 1.165) is 5.69 Å². The third-order valence-corrected chi connectivity index (χ3v) is 2.52. The molecule has 6 heteroatoms. The highest BCUT2D eigenvalue weighted by molar-refractivity contribution is 5.74. The van der Waals surface area contributed by atoms with Gasteiger partial charge in [0.1, 0.15) is 6.33 Å². The first kappa shape index (κ1) is 9.59. The molecule has 0 spiro atoms. The summed E-state index contributed by atoms with van der Waals surface area (Å²) in [6.45, 7) is 0. The monoisotopic (exact) mass is 227 g/mol. The molecular formula is C11H9N5O. The summed E-state index contributed by atoms with van der Waals surface area (Å²) in [6, 6.07) is 9.52. The zero-order valence-electron chi connectivity index (χ0n) is 8.78. The molecule has 2 aromatic heterocycles. The summed E-state index contributed by atoms with van der Waals surface area (Å²) in [6.07, 6.45) is 2.70. The molecule has 3 aromatic rings. The van der Waals surface area contributed by atoms with E-state index in [1.807, 2.05) is 30.3 Å². The van der Waals surface area contributed by atoms with Crippen molar-refractivity contribution < 1.29 is 5.21 Å². The normalized spacial score (nSPS) is 10.8. The Morgan fingerprint density at radius 1 is 1.18 bits per heavy atom. The maximum atomic E-state index is 9.33. The fourth-order valence-electron chi connectivity index (χ4n) is 1.68. The Balaban J connectivity index is 2.34. The Hall–Kier alpha value is -2.63. The first-order chi connectivity index (χ1) is 8.27. The van der Waals surface area contributed by atoms with Gasteiger partial charge in [-0.3, -0.25) is 5.41 Å². The van der Waals surface area contributed by atoms with E-state index in [2.05, 4.69) is 10.1 Å². The van der Waals surface area contributed by atoms with E-state index in [9.17, 15) is 5.21 Å². The molecule has 0 saturated carbocycles. The van der Waals surface area contributed by atoms with E-state index in [4.69, 9.17) is 5.41 Å². The van der Waals surface area contributed by atoms with Gasteiger partial charge in [0, 0.05) is 0 Å². The van der Waals surface area contributed by atoms with Crippen LogP contribution in [0.2, 0.25) is 0 Å². The molecule has 0 atom stereocenters. The van der Waals surface area contributed by atoms with Crippen LogP contribution in [0.25, 0.3) is 16.7 Å². The highest BCUT2D eigenvalue weighted by Gasteiger charge is 2.08. The number of hydrogen-bond donors (Lipinski definition) is 2. The summed E-state index contributed by atoms with van der Waals surface area (Å²) in [5, 5.41) is 21.7. The fourth-order valence-corrected chi connectivity index (χ4v) is 1.68. The van der Waals surface area contributed by atoms with Gasteiger partial charge >= 0.3 is 0 Å². The lowest BCUT2D eigenvalue weighted by Crippen LogP contribution is -2.18. The van der Waals surface area contributed by atoms with Crippen molar-refractivity contribution in [1.82, 2.24) is 19.5 Å². The molecule has 3 rings (SSSR count). The van der Waals surface area contributed by atoms with E-state index in [1.54, 1.807) is 4.68 Å². The van der Waals surface area contributed by atoms with Gasteiger partial charge in [0.05, 0.1) is 17.3 Å². The van der Waals surface area contributed by atoms with E-state index >= 15 is 0 Å². The third-order valence-electron chi connectivity index (χ3n) is 2.52. The first-order valence-corrected chi connectivity index (χ1v) is 5.02. The minimum Gasteiger partial charge on any atom is -0.425 e. The Labute approximate surface area is 95.9 Å². The van der Waals surface area contributed by atoms with Gasteiger partial charge in [-0.25, -0.2) is 9.67 Å². The summed E-state index contributed by atoms with van der Waals surface area (Å²) >= 11 is 0. The molecule has 0 aliphatic rings. The van der Waals surface area contributed by atoms with Gasteiger partial charge < -0.3 is 5.21 Å². The maximum Gasteiger partial charge on any atom is 0.175 e. The fraction of sp³-hybridized carbons (Fsp3) is 0. The minimum absolute atomic E-state index is 0.0304. The number of fused-ring (bicyclic) bond motifs is 1. The molecule has 1 aromatic carbocycles. The van der Waals surface area contributed by atoms with Crippen LogP contribution in [-0.2, 0) is 0 Å². The van der Waals surface area contributed by atoms with Gasteiger partial charge in [0.15, 0.2) is 11.1 Å². The van der Waals surface area contributed by atoms with Crippen molar-refractivity contribution in [3.8, 4) is 5.69 Å². The second-order valence-electron chi connectivity index (χ2n) is 3.57. The van der Waals surface area contributed by atoms with Crippen molar-refractivity contribution in [2.45, 2.75) is 0 Å². The van der Waals surface area contributed by atoms with Crippen molar-refractivity contribution in [3.63, 3.8) is 0 Å². The van der Waals surface area contributed by atoms with Crippen LogP contribution in [0.1, 0.15) is 0 Å². The molecule has 0 saturated heterocycles. The smallest absolute Gasteiger partial charge is 0.175 e. The average Bonchev–Trinajstić information content (AvgIpc) is 2.79. The number of hydrogen-bond acceptors (Lipinski definition) is 4. The number of nitrogens with zero attached hydrogens (tertiary/aromatic N) is 4. The number of aromatic nitrogens is 4. The second-order valence-corrected chi connectivity index (χ2v) is 3.57. The lowest BCUT2D eigenvalue weighted by molar-refractivity contribution is 0.169. The highest BCUT2D eigenvalue weighted by Crippen LogP contribution is 2.12. The quantitative estimate of drug-likeness (QED) is 0.607. The van der Waals surface area contributed by atoms with Crippen LogP contribution in [0.4, 0.5) is 0 Å². The predicted molar refractivity (Wildman–Crippen MR) is 59.9 cm³/mol. The molecule has 17 heavy (non-hydrogen) atoms. The number of benzene rings is 1. The van der Waals surface area contributed by atoms with E-state index in [-0.39, 0.29) is 5.49 Å². The summed E-state index contributed by atoms with van der Waals surface area (Å²) in [5.74, 6) is 0. The largest absolute Gasteiger partial charge is 0.425 e.